The maximum absolute atomic E-state index is 12.8. The minimum absolute atomic E-state index is 0.0354. The molecule has 148 valence electrons. The van der Waals surface area contributed by atoms with Crippen LogP contribution >= 0.6 is 0 Å². The van der Waals surface area contributed by atoms with Crippen LogP contribution < -0.4 is 4.74 Å². The molecule has 0 spiro atoms. The van der Waals surface area contributed by atoms with Gasteiger partial charge in [0.1, 0.15) is 5.75 Å². The quantitative estimate of drug-likeness (QED) is 0.634. The molecular weight excluding hydrogens is 350 g/mol. The van der Waals surface area contributed by atoms with Crippen LogP contribution in [0.3, 0.4) is 0 Å². The van der Waals surface area contributed by atoms with Crippen molar-refractivity contribution in [3.05, 3.63) is 64.7 Å². The van der Waals surface area contributed by atoms with Crippen molar-refractivity contribution in [3.8, 4) is 5.75 Å². The molecule has 0 N–H and O–H groups in total. The van der Waals surface area contributed by atoms with Gasteiger partial charge in [0.05, 0.1) is 12.6 Å². The monoisotopic (exact) mass is 379 g/mol. The third kappa shape index (κ3) is 4.61. The molecule has 28 heavy (non-hydrogen) atoms. The van der Waals surface area contributed by atoms with E-state index in [1.54, 1.807) is 0 Å². The summed E-state index contributed by atoms with van der Waals surface area (Å²) >= 11 is 0. The molecule has 4 heteroatoms. The molecule has 0 bridgehead atoms. The van der Waals surface area contributed by atoms with Gasteiger partial charge >= 0.3 is 0 Å². The van der Waals surface area contributed by atoms with Crippen molar-refractivity contribution in [2.45, 2.75) is 52.5 Å². The molecule has 1 aliphatic heterocycles. The molecular formula is C24H29NO3. The fraction of sp³-hybridized carbons (Fsp3) is 0.417. The van der Waals surface area contributed by atoms with Gasteiger partial charge < -0.3 is 9.64 Å². The fourth-order valence-electron chi connectivity index (χ4n) is 3.79. The van der Waals surface area contributed by atoms with E-state index in [-0.39, 0.29) is 30.6 Å². The molecule has 1 heterocycles. The Labute approximate surface area is 167 Å². The molecule has 1 amide bonds. The molecule has 4 nitrogen and oxygen atoms in total. The van der Waals surface area contributed by atoms with E-state index in [1.807, 2.05) is 68.1 Å². The Morgan fingerprint density at radius 3 is 2.46 bits per heavy atom. The lowest BCUT2D eigenvalue weighted by atomic mass is 10.0. The average molecular weight is 380 g/mol. The highest BCUT2D eigenvalue weighted by atomic mass is 16.5. The van der Waals surface area contributed by atoms with Crippen molar-refractivity contribution in [1.82, 2.24) is 4.90 Å². The lowest BCUT2D eigenvalue weighted by molar-refractivity contribution is -0.132. The third-order valence-electron chi connectivity index (χ3n) is 5.54. The minimum atomic E-state index is 0.0354. The van der Waals surface area contributed by atoms with Gasteiger partial charge in [-0.3, -0.25) is 9.59 Å². The molecule has 2 aromatic rings. The summed E-state index contributed by atoms with van der Waals surface area (Å²) < 4.78 is 5.50. The molecule has 0 aliphatic carbocycles. The number of carbonyl (C=O) groups is 2. The van der Waals surface area contributed by atoms with Crippen LogP contribution in [-0.4, -0.2) is 29.7 Å². The minimum Gasteiger partial charge on any atom is -0.494 e. The number of amides is 1. The van der Waals surface area contributed by atoms with E-state index in [0.717, 1.165) is 36.3 Å². The number of rotatable bonds is 7. The van der Waals surface area contributed by atoms with Crippen LogP contribution in [0.2, 0.25) is 0 Å². The number of benzene rings is 2. The third-order valence-corrected chi connectivity index (χ3v) is 5.54. The summed E-state index contributed by atoms with van der Waals surface area (Å²) in [7, 11) is 0. The zero-order valence-electron chi connectivity index (χ0n) is 17.0. The molecule has 0 radical (unpaired) electrons. The topological polar surface area (TPSA) is 46.6 Å². The number of hydrogen-bond donors (Lipinski definition) is 0. The first kappa shape index (κ1) is 20.1. The average Bonchev–Trinajstić information content (AvgIpc) is 3.19. The first-order chi connectivity index (χ1) is 13.5. The molecule has 2 aromatic carbocycles. The van der Waals surface area contributed by atoms with Crippen LogP contribution in [0.5, 0.6) is 5.75 Å². The van der Waals surface area contributed by atoms with Crippen LogP contribution in [0.25, 0.3) is 0 Å². The van der Waals surface area contributed by atoms with Gasteiger partial charge in [-0.2, -0.15) is 0 Å². The molecule has 1 aliphatic rings. The molecule has 1 unspecified atom stereocenters. The Balaban J connectivity index is 1.61. The van der Waals surface area contributed by atoms with Crippen molar-refractivity contribution in [3.63, 3.8) is 0 Å². The second-order valence-electron chi connectivity index (χ2n) is 7.47. The van der Waals surface area contributed by atoms with E-state index in [4.69, 9.17) is 4.74 Å². The van der Waals surface area contributed by atoms with Crippen LogP contribution in [0.1, 0.15) is 65.7 Å². The summed E-state index contributed by atoms with van der Waals surface area (Å²) in [5.74, 6) is 0.947. The van der Waals surface area contributed by atoms with E-state index in [0.29, 0.717) is 12.2 Å². The largest absolute Gasteiger partial charge is 0.494 e. The zero-order valence-corrected chi connectivity index (χ0v) is 17.0. The van der Waals surface area contributed by atoms with Gasteiger partial charge in [-0.1, -0.05) is 24.3 Å². The maximum Gasteiger partial charge on any atom is 0.223 e. The highest BCUT2D eigenvalue weighted by Crippen LogP contribution is 2.33. The summed E-state index contributed by atoms with van der Waals surface area (Å²) in [5.41, 5.74) is 4.10. The Morgan fingerprint density at radius 1 is 1.04 bits per heavy atom. The molecule has 1 saturated heterocycles. The van der Waals surface area contributed by atoms with Crippen molar-refractivity contribution in [2.75, 3.05) is 13.2 Å². The highest BCUT2D eigenvalue weighted by molar-refractivity contribution is 5.98. The fourth-order valence-corrected chi connectivity index (χ4v) is 3.79. The molecule has 1 fully saturated rings. The van der Waals surface area contributed by atoms with Crippen molar-refractivity contribution in [2.24, 2.45) is 0 Å². The molecule has 3 rings (SSSR count). The predicted octanol–water partition coefficient (Wildman–Crippen LogP) is 5.03. The Morgan fingerprint density at radius 2 is 1.79 bits per heavy atom. The second-order valence-corrected chi connectivity index (χ2v) is 7.47. The van der Waals surface area contributed by atoms with Crippen LogP contribution in [0.4, 0.5) is 0 Å². The number of ether oxygens (including phenoxy) is 1. The van der Waals surface area contributed by atoms with Crippen LogP contribution in [0, 0.1) is 13.8 Å². The van der Waals surface area contributed by atoms with Gasteiger partial charge in [-0.15, -0.1) is 0 Å². The van der Waals surface area contributed by atoms with Crippen molar-refractivity contribution >= 4 is 11.7 Å². The summed E-state index contributed by atoms with van der Waals surface area (Å²) in [6.45, 7) is 7.39. The van der Waals surface area contributed by atoms with Gasteiger partial charge in [0.15, 0.2) is 5.78 Å². The SMILES string of the molecule is CCOc1ccc(C2CCCN2C(=O)CCC(=O)c2ccc(C)c(C)c2)cc1. The normalized spacial score (nSPS) is 16.2. The lowest BCUT2D eigenvalue weighted by Gasteiger charge is -2.25. The van der Waals surface area contributed by atoms with Gasteiger partial charge in [0, 0.05) is 24.9 Å². The molecule has 1 atom stereocenters. The summed E-state index contributed by atoms with van der Waals surface area (Å²) in [5, 5.41) is 0. The molecule has 0 aromatic heterocycles. The predicted molar refractivity (Wildman–Crippen MR) is 111 cm³/mol. The van der Waals surface area contributed by atoms with E-state index in [9.17, 15) is 9.59 Å². The van der Waals surface area contributed by atoms with E-state index in [2.05, 4.69) is 0 Å². The van der Waals surface area contributed by atoms with E-state index in [1.165, 1.54) is 5.56 Å². The summed E-state index contributed by atoms with van der Waals surface area (Å²) in [4.78, 5) is 27.2. The smallest absolute Gasteiger partial charge is 0.223 e. The Kier molecular flexibility index (Phi) is 6.50. The van der Waals surface area contributed by atoms with Gasteiger partial charge in [0.25, 0.3) is 0 Å². The number of hydrogen-bond acceptors (Lipinski definition) is 3. The van der Waals surface area contributed by atoms with Gasteiger partial charge in [-0.25, -0.2) is 0 Å². The standard InChI is InChI=1S/C24H29NO3/c1-4-28-21-11-9-19(10-12-21)22-6-5-15-25(22)24(27)14-13-23(26)20-8-7-17(2)18(3)16-20/h7-12,16,22H,4-6,13-15H2,1-3H3. The van der Waals surface area contributed by atoms with Crippen molar-refractivity contribution in [1.29, 1.82) is 0 Å². The second kappa shape index (κ2) is 9.05. The number of aryl methyl sites for hydroxylation is 2. The Bertz CT molecular complexity index is 841. The first-order valence-electron chi connectivity index (χ1n) is 10.1. The number of carbonyl (C=O) groups excluding carboxylic acids is 2. The number of likely N-dealkylation sites (tertiary alicyclic amines) is 1. The Hall–Kier alpha value is -2.62. The maximum atomic E-state index is 12.8. The molecule has 0 saturated carbocycles. The van der Waals surface area contributed by atoms with E-state index < -0.39 is 0 Å². The lowest BCUT2D eigenvalue weighted by Crippen LogP contribution is -2.30. The number of Topliss-reactive ketones (excluding diaryl/α,β-unsaturated/α-hetero) is 1. The highest BCUT2D eigenvalue weighted by Gasteiger charge is 2.29. The number of nitrogens with zero attached hydrogens (tertiary/aromatic N) is 1. The van der Waals surface area contributed by atoms with Crippen LogP contribution in [-0.2, 0) is 4.79 Å². The van der Waals surface area contributed by atoms with E-state index >= 15 is 0 Å². The zero-order chi connectivity index (χ0) is 20.1. The first-order valence-corrected chi connectivity index (χ1v) is 10.1. The number of ketones is 1. The van der Waals surface area contributed by atoms with Crippen LogP contribution in [0.15, 0.2) is 42.5 Å². The summed E-state index contributed by atoms with van der Waals surface area (Å²) in [6, 6.07) is 13.8. The van der Waals surface area contributed by atoms with Gasteiger partial charge in [0.2, 0.25) is 5.91 Å². The van der Waals surface area contributed by atoms with Crippen molar-refractivity contribution < 1.29 is 14.3 Å². The van der Waals surface area contributed by atoms with Gasteiger partial charge in [-0.05, 0) is 68.5 Å². The summed E-state index contributed by atoms with van der Waals surface area (Å²) in [6.07, 6.45) is 2.48.